The molecule has 1 N–H and O–H groups in total. The van der Waals surface area contributed by atoms with Gasteiger partial charge in [0.25, 0.3) is 0 Å². The molecule has 0 amide bonds. The van der Waals surface area contributed by atoms with Crippen molar-refractivity contribution >= 4 is 5.97 Å². The quantitative estimate of drug-likeness (QED) is 0.608. The molecule has 0 aliphatic heterocycles. The van der Waals surface area contributed by atoms with E-state index in [9.17, 15) is 9.90 Å². The van der Waals surface area contributed by atoms with Gasteiger partial charge in [0.15, 0.2) is 0 Å². The maximum Gasteiger partial charge on any atom is 0.303 e. The summed E-state index contributed by atoms with van der Waals surface area (Å²) in [6.45, 7) is 3.34. The van der Waals surface area contributed by atoms with E-state index in [4.69, 9.17) is 14.2 Å². The lowest BCUT2D eigenvalue weighted by atomic mass is 9.92. The van der Waals surface area contributed by atoms with Crippen LogP contribution < -0.4 is 9.47 Å². The number of carboxylic acids is 1. The molecule has 0 aromatic heterocycles. The van der Waals surface area contributed by atoms with Crippen molar-refractivity contribution in [2.45, 2.75) is 32.3 Å². The van der Waals surface area contributed by atoms with Crippen molar-refractivity contribution in [3.8, 4) is 11.5 Å². The Kier molecular flexibility index (Phi) is 7.96. The largest absolute Gasteiger partial charge is 0.491 e. The number of ether oxygens (including phenoxy) is 3. The van der Waals surface area contributed by atoms with Crippen LogP contribution in [0.2, 0.25) is 0 Å². The Labute approximate surface area is 154 Å². The normalized spacial score (nSPS) is 11.8. The van der Waals surface area contributed by atoms with Crippen LogP contribution in [0.25, 0.3) is 0 Å². The summed E-state index contributed by atoms with van der Waals surface area (Å²) in [4.78, 5) is 11.2. The average Bonchev–Trinajstić information content (AvgIpc) is 2.65. The second-order valence-corrected chi connectivity index (χ2v) is 6.02. The van der Waals surface area contributed by atoms with Crippen LogP contribution in [-0.2, 0) is 16.1 Å². The standard InChI is InChI=1S/C21H26O5/c1-3-17(13-21(22)23)19-10-9-18(25-12-11-24-2)14-20(19)26-15-16-7-5-4-6-8-16/h4-10,14,17H,3,11-13,15H2,1-2H3,(H,22,23). The second-order valence-electron chi connectivity index (χ2n) is 6.02. The van der Waals surface area contributed by atoms with Crippen LogP contribution in [0.4, 0.5) is 0 Å². The Morgan fingerprint density at radius 1 is 1.08 bits per heavy atom. The summed E-state index contributed by atoms with van der Waals surface area (Å²) >= 11 is 0. The van der Waals surface area contributed by atoms with E-state index in [0.717, 1.165) is 17.5 Å². The van der Waals surface area contributed by atoms with Gasteiger partial charge in [0, 0.05) is 13.2 Å². The average molecular weight is 358 g/mol. The molecule has 0 fully saturated rings. The van der Waals surface area contributed by atoms with Crippen LogP contribution in [0.5, 0.6) is 11.5 Å². The van der Waals surface area contributed by atoms with Crippen molar-refractivity contribution in [1.29, 1.82) is 0 Å². The third-order valence-corrected chi connectivity index (χ3v) is 4.13. The molecular formula is C21H26O5. The number of hydrogen-bond acceptors (Lipinski definition) is 4. The molecule has 1 atom stereocenters. The zero-order valence-electron chi connectivity index (χ0n) is 15.3. The van der Waals surface area contributed by atoms with Crippen molar-refractivity contribution < 1.29 is 24.1 Å². The van der Waals surface area contributed by atoms with Gasteiger partial charge in [0.1, 0.15) is 24.7 Å². The summed E-state index contributed by atoms with van der Waals surface area (Å²) in [7, 11) is 1.62. The molecule has 0 aliphatic rings. The fraction of sp³-hybridized carbons (Fsp3) is 0.381. The van der Waals surface area contributed by atoms with E-state index < -0.39 is 5.97 Å². The van der Waals surface area contributed by atoms with Crippen molar-refractivity contribution in [2.24, 2.45) is 0 Å². The Bertz CT molecular complexity index is 684. The Morgan fingerprint density at radius 3 is 2.50 bits per heavy atom. The molecule has 140 valence electrons. The molecule has 5 heteroatoms. The highest BCUT2D eigenvalue weighted by Crippen LogP contribution is 2.35. The van der Waals surface area contributed by atoms with Crippen LogP contribution in [0, 0.1) is 0 Å². The first-order chi connectivity index (χ1) is 12.6. The van der Waals surface area contributed by atoms with Crippen LogP contribution >= 0.6 is 0 Å². The number of benzene rings is 2. The Balaban J connectivity index is 2.22. The zero-order valence-corrected chi connectivity index (χ0v) is 15.3. The number of hydrogen-bond donors (Lipinski definition) is 1. The summed E-state index contributed by atoms with van der Waals surface area (Å²) in [5, 5.41) is 9.19. The van der Waals surface area contributed by atoms with Gasteiger partial charge in [-0.1, -0.05) is 43.3 Å². The molecule has 2 aromatic rings. The zero-order chi connectivity index (χ0) is 18.8. The molecule has 0 heterocycles. The van der Waals surface area contributed by atoms with Gasteiger partial charge in [0.2, 0.25) is 0 Å². The summed E-state index contributed by atoms with van der Waals surface area (Å²) in [5.41, 5.74) is 1.94. The van der Waals surface area contributed by atoms with Gasteiger partial charge in [0.05, 0.1) is 13.0 Å². The predicted octanol–water partition coefficient (Wildman–Crippen LogP) is 4.26. The van der Waals surface area contributed by atoms with Gasteiger partial charge < -0.3 is 19.3 Å². The molecule has 0 spiro atoms. The number of aliphatic carboxylic acids is 1. The SMILES string of the molecule is CCC(CC(=O)O)c1ccc(OCCOC)cc1OCc1ccccc1. The maximum absolute atomic E-state index is 11.2. The molecule has 0 saturated heterocycles. The molecule has 26 heavy (non-hydrogen) atoms. The van der Waals surface area contributed by atoms with Crippen molar-refractivity contribution in [1.82, 2.24) is 0 Å². The first-order valence-corrected chi connectivity index (χ1v) is 8.78. The Hall–Kier alpha value is -2.53. The van der Waals surface area contributed by atoms with E-state index in [1.807, 2.05) is 55.5 Å². The first-order valence-electron chi connectivity index (χ1n) is 8.78. The predicted molar refractivity (Wildman–Crippen MR) is 99.9 cm³/mol. The van der Waals surface area contributed by atoms with E-state index in [2.05, 4.69) is 0 Å². The first kappa shape index (κ1) is 19.8. The number of carbonyl (C=O) groups is 1. The fourth-order valence-corrected chi connectivity index (χ4v) is 2.73. The van der Waals surface area contributed by atoms with E-state index >= 15 is 0 Å². The molecule has 2 rings (SSSR count). The smallest absolute Gasteiger partial charge is 0.303 e. The van der Waals surface area contributed by atoms with E-state index in [-0.39, 0.29) is 12.3 Å². The van der Waals surface area contributed by atoms with Gasteiger partial charge >= 0.3 is 5.97 Å². The van der Waals surface area contributed by atoms with Gasteiger partial charge in [-0.3, -0.25) is 4.79 Å². The molecule has 5 nitrogen and oxygen atoms in total. The minimum atomic E-state index is -0.814. The van der Waals surface area contributed by atoms with E-state index in [1.54, 1.807) is 7.11 Å². The third-order valence-electron chi connectivity index (χ3n) is 4.13. The lowest BCUT2D eigenvalue weighted by molar-refractivity contribution is -0.137. The molecule has 0 aliphatic carbocycles. The minimum Gasteiger partial charge on any atom is -0.491 e. The van der Waals surface area contributed by atoms with E-state index in [1.165, 1.54) is 0 Å². The Morgan fingerprint density at radius 2 is 1.85 bits per heavy atom. The number of methoxy groups -OCH3 is 1. The van der Waals surface area contributed by atoms with Gasteiger partial charge in [-0.2, -0.15) is 0 Å². The van der Waals surface area contributed by atoms with Gasteiger partial charge in [-0.05, 0) is 29.5 Å². The van der Waals surface area contributed by atoms with Crippen molar-refractivity contribution in [3.63, 3.8) is 0 Å². The van der Waals surface area contributed by atoms with Crippen LogP contribution in [0.3, 0.4) is 0 Å². The summed E-state index contributed by atoms with van der Waals surface area (Å²) in [6, 6.07) is 15.5. The van der Waals surface area contributed by atoms with Crippen molar-refractivity contribution in [3.05, 3.63) is 59.7 Å². The molecule has 0 radical (unpaired) electrons. The van der Waals surface area contributed by atoms with Gasteiger partial charge in [-0.15, -0.1) is 0 Å². The monoisotopic (exact) mass is 358 g/mol. The lowest BCUT2D eigenvalue weighted by Gasteiger charge is -2.19. The number of carboxylic acid groups (broad SMARTS) is 1. The summed E-state index contributed by atoms with van der Waals surface area (Å²) in [5.74, 6) is 0.425. The summed E-state index contributed by atoms with van der Waals surface area (Å²) < 4.78 is 16.7. The highest BCUT2D eigenvalue weighted by atomic mass is 16.5. The third kappa shape index (κ3) is 6.08. The topological polar surface area (TPSA) is 65.0 Å². The summed E-state index contributed by atoms with van der Waals surface area (Å²) in [6.07, 6.45) is 0.792. The molecule has 1 unspecified atom stereocenters. The van der Waals surface area contributed by atoms with Crippen LogP contribution in [0.1, 0.15) is 36.8 Å². The molecule has 2 aromatic carbocycles. The molecular weight excluding hydrogens is 332 g/mol. The fourth-order valence-electron chi connectivity index (χ4n) is 2.73. The van der Waals surface area contributed by atoms with Crippen LogP contribution in [0.15, 0.2) is 48.5 Å². The lowest BCUT2D eigenvalue weighted by Crippen LogP contribution is -2.09. The highest BCUT2D eigenvalue weighted by molar-refractivity contribution is 5.68. The van der Waals surface area contributed by atoms with Crippen molar-refractivity contribution in [2.75, 3.05) is 20.3 Å². The minimum absolute atomic E-state index is 0.0715. The second kappa shape index (κ2) is 10.5. The molecule has 0 saturated carbocycles. The number of rotatable bonds is 11. The van der Waals surface area contributed by atoms with Gasteiger partial charge in [-0.25, -0.2) is 0 Å². The van der Waals surface area contributed by atoms with Crippen LogP contribution in [-0.4, -0.2) is 31.4 Å². The molecule has 0 bridgehead atoms. The van der Waals surface area contributed by atoms with E-state index in [0.29, 0.717) is 31.3 Å². The highest BCUT2D eigenvalue weighted by Gasteiger charge is 2.19. The maximum atomic E-state index is 11.2.